The monoisotopic (exact) mass is 401 g/mol. The van der Waals surface area contributed by atoms with Gasteiger partial charge in [-0.1, -0.05) is 38.2 Å². The Kier molecular flexibility index (Phi) is 5.83. The molecule has 0 saturated heterocycles. The van der Waals surface area contributed by atoms with Gasteiger partial charge in [-0.2, -0.15) is 0 Å². The molecule has 1 aliphatic heterocycles. The van der Waals surface area contributed by atoms with Gasteiger partial charge in [0.05, 0.1) is 22.5 Å². The molecule has 0 unspecified atom stereocenters. The number of amides is 2. The second-order valence-corrected chi connectivity index (χ2v) is 8.96. The molecular weight excluding hydrogens is 378 g/mol. The molecule has 27 heavy (non-hydrogen) atoms. The van der Waals surface area contributed by atoms with E-state index in [1.54, 1.807) is 11.2 Å². The maximum Gasteiger partial charge on any atom is 0.268 e. The fourth-order valence-electron chi connectivity index (χ4n) is 3.86. The third-order valence-corrected chi connectivity index (χ3v) is 7.20. The maximum atomic E-state index is 13.3. The maximum absolute atomic E-state index is 13.3. The molecule has 0 aromatic carbocycles. The van der Waals surface area contributed by atoms with Crippen LogP contribution in [0.1, 0.15) is 55.6 Å². The second-order valence-electron chi connectivity index (χ2n) is 7.03. The molecule has 4 rings (SSSR count). The largest absolute Gasteiger partial charge is 0.468 e. The SMILES string of the molecule is O=C1C(SCc2ccco2)=C(c2cccs2)C(=O)N1C1CCCCCCC1. The van der Waals surface area contributed by atoms with Crippen LogP contribution in [-0.4, -0.2) is 22.8 Å². The van der Waals surface area contributed by atoms with Gasteiger partial charge >= 0.3 is 0 Å². The topological polar surface area (TPSA) is 50.5 Å². The first kappa shape index (κ1) is 18.6. The van der Waals surface area contributed by atoms with Crippen molar-refractivity contribution in [1.82, 2.24) is 4.90 Å². The number of carbonyl (C=O) groups excluding carboxylic acids is 2. The van der Waals surface area contributed by atoms with Gasteiger partial charge in [-0.3, -0.25) is 14.5 Å². The Morgan fingerprint density at radius 2 is 1.81 bits per heavy atom. The van der Waals surface area contributed by atoms with Crippen LogP contribution in [0.25, 0.3) is 5.57 Å². The van der Waals surface area contributed by atoms with Gasteiger partial charge in [-0.25, -0.2) is 0 Å². The lowest BCUT2D eigenvalue weighted by atomic mass is 9.95. The predicted molar refractivity (Wildman–Crippen MR) is 109 cm³/mol. The fraction of sp³-hybridized carbons (Fsp3) is 0.429. The van der Waals surface area contributed by atoms with Crippen molar-refractivity contribution < 1.29 is 14.0 Å². The van der Waals surface area contributed by atoms with E-state index in [0.29, 0.717) is 16.2 Å². The number of hydrogen-bond acceptors (Lipinski definition) is 5. The highest BCUT2D eigenvalue weighted by Crippen LogP contribution is 2.41. The Morgan fingerprint density at radius 1 is 1.04 bits per heavy atom. The summed E-state index contributed by atoms with van der Waals surface area (Å²) in [5.74, 6) is 1.12. The molecule has 0 bridgehead atoms. The van der Waals surface area contributed by atoms with Crippen LogP contribution >= 0.6 is 23.1 Å². The number of thioether (sulfide) groups is 1. The molecule has 0 atom stereocenters. The summed E-state index contributed by atoms with van der Waals surface area (Å²) in [5.41, 5.74) is 0.577. The molecule has 0 radical (unpaired) electrons. The van der Waals surface area contributed by atoms with Crippen LogP contribution in [-0.2, 0) is 15.3 Å². The lowest BCUT2D eigenvalue weighted by Crippen LogP contribution is -2.41. The van der Waals surface area contributed by atoms with Crippen molar-refractivity contribution in [2.24, 2.45) is 0 Å². The minimum Gasteiger partial charge on any atom is -0.468 e. The second kappa shape index (κ2) is 8.48. The molecule has 2 amide bonds. The third-order valence-electron chi connectivity index (χ3n) is 5.22. The van der Waals surface area contributed by atoms with Crippen LogP contribution in [0, 0.1) is 0 Å². The Labute approximate surface area is 167 Å². The van der Waals surface area contributed by atoms with Crippen molar-refractivity contribution in [3.8, 4) is 0 Å². The smallest absolute Gasteiger partial charge is 0.268 e. The van der Waals surface area contributed by atoms with E-state index >= 15 is 0 Å². The van der Waals surface area contributed by atoms with Crippen molar-refractivity contribution in [2.45, 2.75) is 56.7 Å². The van der Waals surface area contributed by atoms with Crippen molar-refractivity contribution in [2.75, 3.05) is 0 Å². The molecule has 2 aromatic heterocycles. The number of carbonyl (C=O) groups is 2. The summed E-state index contributed by atoms with van der Waals surface area (Å²) < 4.78 is 5.40. The van der Waals surface area contributed by atoms with Crippen LogP contribution in [0.5, 0.6) is 0 Å². The molecule has 1 fully saturated rings. The zero-order valence-electron chi connectivity index (χ0n) is 15.2. The summed E-state index contributed by atoms with van der Waals surface area (Å²) in [4.78, 5) is 29.6. The average molecular weight is 402 g/mol. The molecule has 4 nitrogen and oxygen atoms in total. The molecule has 2 aromatic rings. The third kappa shape index (κ3) is 3.92. The predicted octanol–water partition coefficient (Wildman–Crippen LogP) is 5.47. The van der Waals surface area contributed by atoms with Crippen LogP contribution < -0.4 is 0 Å². The summed E-state index contributed by atoms with van der Waals surface area (Å²) in [6.07, 6.45) is 9.30. The van der Waals surface area contributed by atoms with Crippen LogP contribution in [0.2, 0.25) is 0 Å². The molecule has 142 valence electrons. The number of furan rings is 1. The van der Waals surface area contributed by atoms with Gasteiger partial charge in [0.25, 0.3) is 11.8 Å². The molecule has 1 saturated carbocycles. The van der Waals surface area contributed by atoms with Gasteiger partial charge in [0, 0.05) is 10.9 Å². The van der Waals surface area contributed by atoms with E-state index in [4.69, 9.17) is 4.42 Å². The van der Waals surface area contributed by atoms with Crippen LogP contribution in [0.15, 0.2) is 45.2 Å². The Morgan fingerprint density at radius 3 is 2.48 bits per heavy atom. The summed E-state index contributed by atoms with van der Waals surface area (Å²) >= 11 is 2.93. The lowest BCUT2D eigenvalue weighted by molar-refractivity contribution is -0.139. The quantitative estimate of drug-likeness (QED) is 0.624. The highest BCUT2D eigenvalue weighted by molar-refractivity contribution is 8.03. The standard InChI is InChI=1S/C21H23NO3S2/c23-20-18(17-11-7-13-26-17)19(27-14-16-10-6-12-25-16)21(24)22(20)15-8-4-2-1-3-5-9-15/h6-7,10-13,15H,1-5,8-9,14H2. The van der Waals surface area contributed by atoms with Gasteiger partial charge in [0.15, 0.2) is 0 Å². The van der Waals surface area contributed by atoms with Gasteiger partial charge in [-0.05, 0) is 36.4 Å². The van der Waals surface area contributed by atoms with Crippen molar-refractivity contribution in [3.63, 3.8) is 0 Å². The van der Waals surface area contributed by atoms with Crippen molar-refractivity contribution in [1.29, 1.82) is 0 Å². The summed E-state index contributed by atoms with van der Waals surface area (Å²) in [6.45, 7) is 0. The zero-order valence-corrected chi connectivity index (χ0v) is 16.8. The Bertz CT molecular complexity index is 816. The van der Waals surface area contributed by atoms with Crippen molar-refractivity contribution in [3.05, 3.63) is 51.5 Å². The van der Waals surface area contributed by atoms with E-state index in [-0.39, 0.29) is 17.9 Å². The van der Waals surface area contributed by atoms with E-state index in [0.717, 1.165) is 36.3 Å². The Hall–Kier alpha value is -1.79. The first-order chi connectivity index (χ1) is 13.3. The molecule has 2 aliphatic rings. The fourth-order valence-corrected chi connectivity index (χ4v) is 5.71. The first-order valence-corrected chi connectivity index (χ1v) is 11.4. The number of imide groups is 1. The van der Waals surface area contributed by atoms with E-state index in [2.05, 4.69) is 0 Å². The van der Waals surface area contributed by atoms with E-state index in [9.17, 15) is 9.59 Å². The van der Waals surface area contributed by atoms with Gasteiger partial charge in [0.2, 0.25) is 0 Å². The highest BCUT2D eigenvalue weighted by atomic mass is 32.2. The molecule has 0 N–H and O–H groups in total. The average Bonchev–Trinajstić information content (AvgIpc) is 3.36. The molecular formula is C21H23NO3S2. The van der Waals surface area contributed by atoms with Crippen LogP contribution in [0.4, 0.5) is 0 Å². The Balaban J connectivity index is 1.62. The van der Waals surface area contributed by atoms with E-state index < -0.39 is 0 Å². The normalized spacial score (nSPS) is 19.6. The van der Waals surface area contributed by atoms with E-state index in [1.165, 1.54) is 42.4 Å². The van der Waals surface area contributed by atoms with E-state index in [1.807, 2.05) is 29.6 Å². The van der Waals surface area contributed by atoms with Crippen LogP contribution in [0.3, 0.4) is 0 Å². The summed E-state index contributed by atoms with van der Waals surface area (Å²) in [5, 5.41) is 1.95. The highest BCUT2D eigenvalue weighted by Gasteiger charge is 2.43. The molecule has 3 heterocycles. The van der Waals surface area contributed by atoms with Gasteiger partial charge in [-0.15, -0.1) is 23.1 Å². The molecule has 6 heteroatoms. The van der Waals surface area contributed by atoms with Gasteiger partial charge in [0.1, 0.15) is 5.76 Å². The first-order valence-electron chi connectivity index (χ1n) is 9.57. The number of thiophene rings is 1. The molecule has 0 spiro atoms. The van der Waals surface area contributed by atoms with Crippen molar-refractivity contribution >= 4 is 40.5 Å². The van der Waals surface area contributed by atoms with Gasteiger partial charge < -0.3 is 4.42 Å². The zero-order chi connectivity index (χ0) is 18.6. The number of hydrogen-bond donors (Lipinski definition) is 0. The summed E-state index contributed by atoms with van der Waals surface area (Å²) in [7, 11) is 0. The minimum absolute atomic E-state index is 0.0296. The minimum atomic E-state index is -0.120. The number of rotatable bonds is 5. The lowest BCUT2D eigenvalue weighted by Gasteiger charge is -2.28. The number of nitrogens with zero attached hydrogens (tertiary/aromatic N) is 1. The molecule has 1 aliphatic carbocycles. The summed E-state index contributed by atoms with van der Waals surface area (Å²) in [6, 6.07) is 7.62.